The standard InChI is InChI=1S/C14H28N4O3/c1-3-4-15-14(20)16-11-10-21-12(13(11)19)9-18-7-5-17(2)6-8-18/h11-13,19H,3-10H2,1-2H3,(H2,15,16,20). The summed E-state index contributed by atoms with van der Waals surface area (Å²) >= 11 is 0. The maximum absolute atomic E-state index is 11.6. The van der Waals surface area contributed by atoms with Gasteiger partial charge in [-0.15, -0.1) is 0 Å². The minimum atomic E-state index is -0.642. The van der Waals surface area contributed by atoms with Crippen LogP contribution < -0.4 is 10.6 Å². The monoisotopic (exact) mass is 300 g/mol. The first-order valence-electron chi connectivity index (χ1n) is 7.85. The molecule has 21 heavy (non-hydrogen) atoms. The Bertz CT molecular complexity index is 334. The van der Waals surface area contributed by atoms with E-state index in [0.717, 1.165) is 39.1 Å². The summed E-state index contributed by atoms with van der Waals surface area (Å²) in [6, 6.07) is -0.552. The summed E-state index contributed by atoms with van der Waals surface area (Å²) in [5.41, 5.74) is 0. The van der Waals surface area contributed by atoms with Crippen LogP contribution in [0.1, 0.15) is 13.3 Å². The van der Waals surface area contributed by atoms with Crippen molar-refractivity contribution >= 4 is 6.03 Å². The number of ether oxygens (including phenoxy) is 1. The largest absolute Gasteiger partial charge is 0.388 e. The van der Waals surface area contributed by atoms with Gasteiger partial charge in [-0.3, -0.25) is 4.90 Å². The third-order valence-corrected chi connectivity index (χ3v) is 4.17. The molecule has 2 heterocycles. The molecule has 7 nitrogen and oxygen atoms in total. The molecule has 0 radical (unpaired) electrons. The number of aliphatic hydroxyl groups excluding tert-OH is 1. The maximum Gasteiger partial charge on any atom is 0.315 e. The van der Waals surface area contributed by atoms with Crippen molar-refractivity contribution in [2.45, 2.75) is 31.6 Å². The number of amides is 2. The van der Waals surface area contributed by atoms with Crippen LogP contribution in [0.4, 0.5) is 4.79 Å². The molecule has 2 rings (SSSR count). The van der Waals surface area contributed by atoms with E-state index in [-0.39, 0.29) is 18.2 Å². The molecule has 3 unspecified atom stereocenters. The van der Waals surface area contributed by atoms with E-state index in [0.29, 0.717) is 13.2 Å². The molecule has 0 aromatic carbocycles. The summed E-state index contributed by atoms with van der Waals surface area (Å²) in [7, 11) is 2.12. The van der Waals surface area contributed by atoms with Crippen molar-refractivity contribution in [1.29, 1.82) is 0 Å². The molecule has 122 valence electrons. The highest BCUT2D eigenvalue weighted by molar-refractivity contribution is 5.74. The van der Waals surface area contributed by atoms with Gasteiger partial charge in [0.1, 0.15) is 6.10 Å². The predicted molar refractivity (Wildman–Crippen MR) is 80.3 cm³/mol. The molecular formula is C14H28N4O3. The lowest BCUT2D eigenvalue weighted by Gasteiger charge is -2.34. The third-order valence-electron chi connectivity index (χ3n) is 4.17. The second-order valence-corrected chi connectivity index (χ2v) is 5.97. The van der Waals surface area contributed by atoms with Gasteiger partial charge in [-0.1, -0.05) is 6.92 Å². The predicted octanol–water partition coefficient (Wildman–Crippen LogP) is -0.929. The average Bonchev–Trinajstić information content (AvgIpc) is 2.80. The van der Waals surface area contributed by atoms with Crippen LogP contribution in [0.3, 0.4) is 0 Å². The number of likely N-dealkylation sites (N-methyl/N-ethyl adjacent to an activating group) is 1. The van der Waals surface area contributed by atoms with Crippen LogP contribution in [-0.4, -0.2) is 92.1 Å². The van der Waals surface area contributed by atoms with Crippen LogP contribution in [-0.2, 0) is 4.74 Å². The van der Waals surface area contributed by atoms with Crippen LogP contribution in [0.2, 0.25) is 0 Å². The molecule has 2 aliphatic rings. The second-order valence-electron chi connectivity index (χ2n) is 5.97. The summed E-state index contributed by atoms with van der Waals surface area (Å²) < 4.78 is 5.67. The molecule has 2 saturated heterocycles. The van der Waals surface area contributed by atoms with E-state index in [1.807, 2.05) is 6.92 Å². The summed E-state index contributed by atoms with van der Waals surface area (Å²) in [5, 5.41) is 15.8. The molecule has 7 heteroatoms. The average molecular weight is 300 g/mol. The Morgan fingerprint density at radius 1 is 1.33 bits per heavy atom. The maximum atomic E-state index is 11.6. The van der Waals surface area contributed by atoms with Crippen LogP contribution in [0.15, 0.2) is 0 Å². The van der Waals surface area contributed by atoms with Crippen LogP contribution in [0, 0.1) is 0 Å². The molecule has 2 aliphatic heterocycles. The van der Waals surface area contributed by atoms with E-state index in [2.05, 4.69) is 27.5 Å². The van der Waals surface area contributed by atoms with Crippen molar-refractivity contribution in [2.24, 2.45) is 0 Å². The molecule has 0 bridgehead atoms. The Balaban J connectivity index is 1.73. The fourth-order valence-electron chi connectivity index (χ4n) is 2.71. The summed E-state index contributed by atoms with van der Waals surface area (Å²) in [5.74, 6) is 0. The van der Waals surface area contributed by atoms with Gasteiger partial charge in [-0.25, -0.2) is 4.79 Å². The highest BCUT2D eigenvalue weighted by atomic mass is 16.5. The van der Waals surface area contributed by atoms with Gasteiger partial charge in [0, 0.05) is 39.3 Å². The van der Waals surface area contributed by atoms with Crippen molar-refractivity contribution in [3.8, 4) is 0 Å². The highest BCUT2D eigenvalue weighted by Gasteiger charge is 2.37. The summed E-state index contributed by atoms with van der Waals surface area (Å²) in [6.07, 6.45) is 0.0327. The molecule has 0 aromatic rings. The van der Waals surface area contributed by atoms with Crippen molar-refractivity contribution < 1.29 is 14.6 Å². The smallest absolute Gasteiger partial charge is 0.315 e. The highest BCUT2D eigenvalue weighted by Crippen LogP contribution is 2.16. The Morgan fingerprint density at radius 2 is 2.05 bits per heavy atom. The van der Waals surface area contributed by atoms with Gasteiger partial charge >= 0.3 is 6.03 Å². The summed E-state index contributed by atoms with van der Waals surface area (Å²) in [4.78, 5) is 16.2. The number of hydrogen-bond donors (Lipinski definition) is 3. The van der Waals surface area contributed by atoms with Crippen LogP contribution in [0.25, 0.3) is 0 Å². The summed E-state index contributed by atoms with van der Waals surface area (Å²) in [6.45, 7) is 7.83. The number of rotatable bonds is 5. The zero-order valence-electron chi connectivity index (χ0n) is 13.0. The van der Waals surface area contributed by atoms with Crippen molar-refractivity contribution in [3.05, 3.63) is 0 Å². The first kappa shape index (κ1) is 16.5. The zero-order valence-corrected chi connectivity index (χ0v) is 13.0. The van der Waals surface area contributed by atoms with Crippen LogP contribution in [0.5, 0.6) is 0 Å². The lowest BCUT2D eigenvalue weighted by molar-refractivity contribution is 0.00620. The topological polar surface area (TPSA) is 77.1 Å². The quantitative estimate of drug-likeness (QED) is 0.612. The van der Waals surface area contributed by atoms with E-state index in [1.165, 1.54) is 0 Å². The molecule has 0 saturated carbocycles. The number of hydrogen-bond acceptors (Lipinski definition) is 5. The van der Waals surface area contributed by atoms with E-state index in [4.69, 9.17) is 4.74 Å². The lowest BCUT2D eigenvalue weighted by Crippen LogP contribution is -2.51. The van der Waals surface area contributed by atoms with Crippen molar-refractivity contribution in [3.63, 3.8) is 0 Å². The first-order valence-corrected chi connectivity index (χ1v) is 7.85. The number of nitrogens with one attached hydrogen (secondary N) is 2. The van der Waals surface area contributed by atoms with Gasteiger partial charge in [0.05, 0.1) is 18.8 Å². The number of piperazine rings is 1. The van der Waals surface area contributed by atoms with Gasteiger partial charge in [-0.2, -0.15) is 0 Å². The number of urea groups is 1. The molecule has 3 atom stereocenters. The first-order chi connectivity index (χ1) is 10.1. The Labute approximate surface area is 126 Å². The lowest BCUT2D eigenvalue weighted by atomic mass is 10.1. The van der Waals surface area contributed by atoms with Gasteiger partial charge < -0.3 is 25.4 Å². The number of carbonyl (C=O) groups is 1. The Hall–Kier alpha value is -0.890. The molecule has 0 aliphatic carbocycles. The van der Waals surface area contributed by atoms with Gasteiger partial charge in [0.25, 0.3) is 0 Å². The molecule has 2 fully saturated rings. The third kappa shape index (κ3) is 4.81. The number of nitrogens with zero attached hydrogens (tertiary/aromatic N) is 2. The van der Waals surface area contributed by atoms with E-state index >= 15 is 0 Å². The molecular weight excluding hydrogens is 272 g/mol. The van der Waals surface area contributed by atoms with E-state index in [1.54, 1.807) is 0 Å². The van der Waals surface area contributed by atoms with Crippen molar-refractivity contribution in [2.75, 3.05) is 52.9 Å². The normalized spacial score (nSPS) is 31.3. The minimum absolute atomic E-state index is 0.218. The van der Waals surface area contributed by atoms with Gasteiger partial charge in [-0.05, 0) is 13.5 Å². The fraction of sp³-hybridized carbons (Fsp3) is 0.929. The Morgan fingerprint density at radius 3 is 2.71 bits per heavy atom. The molecule has 0 aromatic heterocycles. The minimum Gasteiger partial charge on any atom is -0.388 e. The number of aliphatic hydroxyl groups is 1. The molecule has 0 spiro atoms. The fourth-order valence-corrected chi connectivity index (χ4v) is 2.71. The molecule has 2 amide bonds. The second kappa shape index (κ2) is 7.93. The zero-order chi connectivity index (χ0) is 15.2. The molecule has 3 N–H and O–H groups in total. The Kier molecular flexibility index (Phi) is 6.22. The van der Waals surface area contributed by atoms with Gasteiger partial charge in [0.2, 0.25) is 0 Å². The number of carbonyl (C=O) groups excluding carboxylic acids is 1. The van der Waals surface area contributed by atoms with E-state index in [9.17, 15) is 9.90 Å². The SMILES string of the molecule is CCCNC(=O)NC1COC(CN2CCN(C)CC2)C1O. The van der Waals surface area contributed by atoms with Crippen LogP contribution >= 0.6 is 0 Å². The van der Waals surface area contributed by atoms with Gasteiger partial charge in [0.15, 0.2) is 0 Å². The van der Waals surface area contributed by atoms with E-state index < -0.39 is 6.10 Å². The van der Waals surface area contributed by atoms with Crippen molar-refractivity contribution in [1.82, 2.24) is 20.4 Å².